The monoisotopic (exact) mass is 439 g/mol. The number of hydrogen-bond donors (Lipinski definition) is 2. The molecule has 3 rings (SSSR count). The van der Waals surface area contributed by atoms with Gasteiger partial charge in [-0.15, -0.1) is 0 Å². The Morgan fingerprint density at radius 3 is 2.28 bits per heavy atom. The number of hydrogen-bond acceptors (Lipinski definition) is 6. The van der Waals surface area contributed by atoms with E-state index < -0.39 is 23.9 Å². The summed E-state index contributed by atoms with van der Waals surface area (Å²) >= 11 is 0. The first-order valence-electron chi connectivity index (χ1n) is 10.1. The van der Waals surface area contributed by atoms with Gasteiger partial charge in [0.1, 0.15) is 5.75 Å². The van der Waals surface area contributed by atoms with Gasteiger partial charge >= 0.3 is 5.97 Å². The van der Waals surface area contributed by atoms with E-state index >= 15 is 0 Å². The smallest absolute Gasteiger partial charge is 0.312 e. The van der Waals surface area contributed by atoms with Gasteiger partial charge in [0.15, 0.2) is 6.10 Å². The molecule has 9 heteroatoms. The molecule has 0 aliphatic carbocycles. The molecule has 2 aromatic carbocycles. The van der Waals surface area contributed by atoms with Crippen LogP contribution in [0.1, 0.15) is 20.3 Å². The predicted octanol–water partition coefficient (Wildman–Crippen LogP) is 2.58. The molecule has 9 nitrogen and oxygen atoms in total. The zero-order valence-corrected chi connectivity index (χ0v) is 18.1. The summed E-state index contributed by atoms with van der Waals surface area (Å²) in [4.78, 5) is 50.0. The minimum Gasteiger partial charge on any atom is -0.495 e. The number of nitrogens with zero attached hydrogens (tertiary/aromatic N) is 1. The van der Waals surface area contributed by atoms with Crippen molar-refractivity contribution in [2.45, 2.75) is 26.4 Å². The van der Waals surface area contributed by atoms with E-state index in [0.29, 0.717) is 22.8 Å². The predicted molar refractivity (Wildman–Crippen MR) is 118 cm³/mol. The van der Waals surface area contributed by atoms with Crippen molar-refractivity contribution in [3.8, 4) is 5.75 Å². The first-order valence-corrected chi connectivity index (χ1v) is 10.1. The van der Waals surface area contributed by atoms with Crippen LogP contribution in [0.3, 0.4) is 0 Å². The van der Waals surface area contributed by atoms with Gasteiger partial charge in [-0.3, -0.25) is 19.2 Å². The highest BCUT2D eigenvalue weighted by Gasteiger charge is 2.38. The third-order valence-electron chi connectivity index (χ3n) is 4.97. The summed E-state index contributed by atoms with van der Waals surface area (Å²) in [6.07, 6.45) is -1.05. The number of nitrogens with one attached hydrogen (secondary N) is 2. The molecule has 1 heterocycles. The number of methoxy groups -OCH3 is 1. The van der Waals surface area contributed by atoms with Gasteiger partial charge in [0.25, 0.3) is 5.91 Å². The third kappa shape index (κ3) is 5.42. The molecule has 0 unspecified atom stereocenters. The number of rotatable bonds is 7. The number of benzene rings is 2. The van der Waals surface area contributed by atoms with Crippen LogP contribution in [0.15, 0.2) is 48.5 Å². The molecule has 2 aromatic rings. The molecule has 0 spiro atoms. The highest BCUT2D eigenvalue weighted by molar-refractivity contribution is 6.01. The molecule has 0 bridgehead atoms. The van der Waals surface area contributed by atoms with Gasteiger partial charge in [0, 0.05) is 31.3 Å². The van der Waals surface area contributed by atoms with Crippen LogP contribution in [0.4, 0.5) is 17.1 Å². The second-order valence-electron chi connectivity index (χ2n) is 7.40. The fourth-order valence-corrected chi connectivity index (χ4v) is 3.36. The summed E-state index contributed by atoms with van der Waals surface area (Å²) in [5.41, 5.74) is 1.68. The Balaban J connectivity index is 1.56. The van der Waals surface area contributed by atoms with E-state index in [0.717, 1.165) is 0 Å². The topological polar surface area (TPSA) is 114 Å². The largest absolute Gasteiger partial charge is 0.495 e. The Bertz CT molecular complexity index is 1020. The molecule has 0 saturated carbocycles. The molecule has 0 aromatic heterocycles. The second kappa shape index (κ2) is 9.95. The van der Waals surface area contributed by atoms with E-state index in [1.807, 2.05) is 0 Å². The van der Waals surface area contributed by atoms with Gasteiger partial charge in [-0.1, -0.05) is 12.1 Å². The maximum Gasteiger partial charge on any atom is 0.312 e. The Labute approximate surface area is 185 Å². The number of para-hydroxylation sites is 2. The Morgan fingerprint density at radius 1 is 1.03 bits per heavy atom. The van der Waals surface area contributed by atoms with Crippen LogP contribution in [0.5, 0.6) is 5.75 Å². The summed E-state index contributed by atoms with van der Waals surface area (Å²) < 4.78 is 10.6. The normalized spacial score (nSPS) is 16.3. The van der Waals surface area contributed by atoms with Gasteiger partial charge in [-0.05, 0) is 43.3 Å². The molecular formula is C23H25N3O6. The zero-order valence-electron chi connectivity index (χ0n) is 18.1. The van der Waals surface area contributed by atoms with Crippen LogP contribution in [0, 0.1) is 5.92 Å². The Hall–Kier alpha value is -3.88. The molecule has 168 valence electrons. The number of amides is 3. The first kappa shape index (κ1) is 22.8. The van der Waals surface area contributed by atoms with E-state index in [1.165, 1.54) is 25.9 Å². The van der Waals surface area contributed by atoms with Crippen molar-refractivity contribution in [1.82, 2.24) is 0 Å². The van der Waals surface area contributed by atoms with E-state index in [9.17, 15) is 19.2 Å². The standard InChI is InChI=1S/C23H25N3O6/c1-14(22(29)25-18-10-8-17(9-11-18)24-15(2)27)32-23(30)16-12-21(28)26(13-16)19-6-4-5-7-20(19)31-3/h4-11,14,16H,12-13H2,1-3H3,(H,24,27)(H,25,29)/t14-,16-/m0/s1. The molecule has 0 radical (unpaired) electrons. The van der Waals surface area contributed by atoms with Gasteiger partial charge in [0.2, 0.25) is 11.8 Å². The van der Waals surface area contributed by atoms with Crippen molar-refractivity contribution in [1.29, 1.82) is 0 Å². The molecule has 1 saturated heterocycles. The summed E-state index contributed by atoms with van der Waals surface area (Å²) in [7, 11) is 1.51. The van der Waals surface area contributed by atoms with Crippen molar-refractivity contribution < 1.29 is 28.7 Å². The van der Waals surface area contributed by atoms with E-state index in [2.05, 4.69) is 10.6 Å². The van der Waals surface area contributed by atoms with Crippen LogP contribution < -0.4 is 20.3 Å². The number of ether oxygens (including phenoxy) is 2. The summed E-state index contributed by atoms with van der Waals surface area (Å²) in [6.45, 7) is 3.02. The SMILES string of the molecule is COc1ccccc1N1C[C@@H](C(=O)O[C@@H](C)C(=O)Nc2ccc(NC(C)=O)cc2)CC1=O. The minimum atomic E-state index is -1.05. The Kier molecular flexibility index (Phi) is 7.09. The maximum atomic E-state index is 12.6. The van der Waals surface area contributed by atoms with E-state index in [-0.39, 0.29) is 24.8 Å². The highest BCUT2D eigenvalue weighted by Crippen LogP contribution is 2.33. The van der Waals surface area contributed by atoms with Crippen molar-refractivity contribution in [3.63, 3.8) is 0 Å². The first-order chi connectivity index (χ1) is 15.3. The molecule has 3 amide bonds. The lowest BCUT2D eigenvalue weighted by Gasteiger charge is -2.20. The third-order valence-corrected chi connectivity index (χ3v) is 4.97. The number of anilines is 3. The van der Waals surface area contributed by atoms with Crippen LogP contribution in [0.2, 0.25) is 0 Å². The lowest BCUT2D eigenvalue weighted by atomic mass is 10.1. The summed E-state index contributed by atoms with van der Waals surface area (Å²) in [6, 6.07) is 13.6. The van der Waals surface area contributed by atoms with Gasteiger partial charge < -0.3 is 25.0 Å². The van der Waals surface area contributed by atoms with E-state index in [1.54, 1.807) is 48.5 Å². The highest BCUT2D eigenvalue weighted by atomic mass is 16.5. The van der Waals surface area contributed by atoms with Crippen molar-refractivity contribution in [2.24, 2.45) is 5.92 Å². The van der Waals surface area contributed by atoms with Gasteiger partial charge in [-0.25, -0.2) is 0 Å². The number of esters is 1. The summed E-state index contributed by atoms with van der Waals surface area (Å²) in [5.74, 6) is -1.67. The Morgan fingerprint density at radius 2 is 1.66 bits per heavy atom. The molecule has 1 aliphatic rings. The fourth-order valence-electron chi connectivity index (χ4n) is 3.36. The van der Waals surface area contributed by atoms with Gasteiger partial charge in [-0.2, -0.15) is 0 Å². The molecule has 2 atom stereocenters. The average Bonchev–Trinajstić information content (AvgIpc) is 3.16. The second-order valence-corrected chi connectivity index (χ2v) is 7.40. The average molecular weight is 439 g/mol. The molecule has 2 N–H and O–H groups in total. The lowest BCUT2D eigenvalue weighted by molar-refractivity contribution is -0.157. The lowest BCUT2D eigenvalue weighted by Crippen LogP contribution is -2.33. The van der Waals surface area contributed by atoms with E-state index in [4.69, 9.17) is 9.47 Å². The number of carbonyl (C=O) groups is 4. The molecule has 32 heavy (non-hydrogen) atoms. The molecular weight excluding hydrogens is 414 g/mol. The molecule has 1 aliphatic heterocycles. The maximum absolute atomic E-state index is 12.6. The van der Waals surface area contributed by atoms with Gasteiger partial charge in [0.05, 0.1) is 18.7 Å². The van der Waals surface area contributed by atoms with Crippen molar-refractivity contribution >= 4 is 40.8 Å². The molecule has 1 fully saturated rings. The van der Waals surface area contributed by atoms with Crippen LogP contribution in [0.25, 0.3) is 0 Å². The zero-order chi connectivity index (χ0) is 23.3. The van der Waals surface area contributed by atoms with Crippen LogP contribution in [-0.2, 0) is 23.9 Å². The van der Waals surface area contributed by atoms with Crippen LogP contribution in [-0.4, -0.2) is 43.4 Å². The number of carbonyl (C=O) groups excluding carboxylic acids is 4. The minimum absolute atomic E-state index is 0.00414. The van der Waals surface area contributed by atoms with Crippen molar-refractivity contribution in [3.05, 3.63) is 48.5 Å². The fraction of sp³-hybridized carbons (Fsp3) is 0.304. The quantitative estimate of drug-likeness (QED) is 0.641. The van der Waals surface area contributed by atoms with Crippen LogP contribution >= 0.6 is 0 Å². The summed E-state index contributed by atoms with van der Waals surface area (Å²) in [5, 5.41) is 5.29. The van der Waals surface area contributed by atoms with Crippen molar-refractivity contribution in [2.75, 3.05) is 29.2 Å².